The number of nitrogens with zero attached hydrogens (tertiary/aromatic N) is 5. The van der Waals surface area contributed by atoms with Crippen LogP contribution >= 0.6 is 11.8 Å². The molecule has 0 aliphatic rings. The minimum Gasteiger partial charge on any atom is -0.497 e. The van der Waals surface area contributed by atoms with Gasteiger partial charge in [-0.05, 0) is 30.9 Å². The minimum atomic E-state index is -0.238. The van der Waals surface area contributed by atoms with E-state index < -0.39 is 0 Å². The Morgan fingerprint density at radius 1 is 1.24 bits per heavy atom. The van der Waals surface area contributed by atoms with Gasteiger partial charge in [-0.3, -0.25) is 9.89 Å². The number of anilines is 1. The fraction of sp³-hybridized carbons (Fsp3) is 0.318. The maximum atomic E-state index is 12.6. The summed E-state index contributed by atoms with van der Waals surface area (Å²) in [5.74, 6) is 1.27. The molecule has 4 rings (SSSR count). The van der Waals surface area contributed by atoms with Crippen LogP contribution in [-0.2, 0) is 6.54 Å². The third-order valence-corrected chi connectivity index (χ3v) is 5.55. The van der Waals surface area contributed by atoms with E-state index in [2.05, 4.69) is 42.8 Å². The van der Waals surface area contributed by atoms with E-state index in [4.69, 9.17) is 4.74 Å². The molecule has 0 saturated heterocycles. The lowest BCUT2D eigenvalue weighted by Gasteiger charge is -2.08. The molecule has 33 heavy (non-hydrogen) atoms. The Balaban J connectivity index is 1.42. The van der Waals surface area contributed by atoms with Gasteiger partial charge in [0.2, 0.25) is 0 Å². The number of ether oxygens (including phenoxy) is 1. The van der Waals surface area contributed by atoms with Gasteiger partial charge in [-0.25, -0.2) is 14.6 Å². The zero-order valence-electron chi connectivity index (χ0n) is 18.8. The number of rotatable bonds is 10. The average Bonchev–Trinajstić information content (AvgIpc) is 3.50. The van der Waals surface area contributed by atoms with Gasteiger partial charge in [0.15, 0.2) is 10.8 Å². The molecular weight excluding hydrogens is 440 g/mol. The number of aromatic amines is 1. The van der Waals surface area contributed by atoms with Crippen LogP contribution in [0.1, 0.15) is 23.8 Å². The van der Waals surface area contributed by atoms with Crippen LogP contribution in [0.5, 0.6) is 5.75 Å². The molecule has 1 amide bonds. The summed E-state index contributed by atoms with van der Waals surface area (Å²) in [7, 11) is 1.61. The van der Waals surface area contributed by atoms with Crippen molar-refractivity contribution in [2.24, 2.45) is 0 Å². The number of amides is 1. The number of benzene rings is 1. The molecular formula is C22H26N8O2S. The third-order valence-electron chi connectivity index (χ3n) is 5.00. The summed E-state index contributed by atoms with van der Waals surface area (Å²) in [5.41, 5.74) is 2.66. The quantitative estimate of drug-likeness (QED) is 0.241. The van der Waals surface area contributed by atoms with E-state index in [1.165, 1.54) is 11.8 Å². The van der Waals surface area contributed by atoms with Crippen LogP contribution in [0.15, 0.2) is 41.7 Å². The van der Waals surface area contributed by atoms with Crippen LogP contribution in [0.3, 0.4) is 0 Å². The van der Waals surface area contributed by atoms with Crippen LogP contribution in [0.4, 0.5) is 5.82 Å². The SMILES string of the molecule is CCCNc1nc(SC)nc2c1cnn2CCNC(=O)c1cc(-c2cccc(OC)c2)n[nH]1. The van der Waals surface area contributed by atoms with Crippen LogP contribution in [0.2, 0.25) is 0 Å². The molecule has 0 radical (unpaired) electrons. The van der Waals surface area contributed by atoms with Crippen LogP contribution in [0.25, 0.3) is 22.3 Å². The van der Waals surface area contributed by atoms with Crippen molar-refractivity contribution in [1.82, 2.24) is 35.3 Å². The Morgan fingerprint density at radius 3 is 2.91 bits per heavy atom. The van der Waals surface area contributed by atoms with E-state index >= 15 is 0 Å². The lowest BCUT2D eigenvalue weighted by Crippen LogP contribution is -2.27. The van der Waals surface area contributed by atoms with Crippen molar-refractivity contribution < 1.29 is 9.53 Å². The molecule has 0 unspecified atom stereocenters. The van der Waals surface area contributed by atoms with Crippen molar-refractivity contribution in [1.29, 1.82) is 0 Å². The average molecular weight is 467 g/mol. The van der Waals surface area contributed by atoms with Crippen molar-refractivity contribution in [3.8, 4) is 17.0 Å². The first-order chi connectivity index (χ1) is 16.1. The summed E-state index contributed by atoms with van der Waals surface area (Å²) >= 11 is 1.48. The smallest absolute Gasteiger partial charge is 0.269 e. The molecule has 11 heteroatoms. The van der Waals surface area contributed by atoms with Crippen molar-refractivity contribution in [3.63, 3.8) is 0 Å². The van der Waals surface area contributed by atoms with Gasteiger partial charge < -0.3 is 15.4 Å². The predicted octanol–water partition coefficient (Wildman–Crippen LogP) is 3.20. The second-order valence-corrected chi connectivity index (χ2v) is 8.02. The predicted molar refractivity (Wildman–Crippen MR) is 129 cm³/mol. The molecule has 0 bridgehead atoms. The molecule has 3 aromatic heterocycles. The zero-order valence-corrected chi connectivity index (χ0v) is 19.6. The first-order valence-corrected chi connectivity index (χ1v) is 11.8. The van der Waals surface area contributed by atoms with Gasteiger partial charge >= 0.3 is 0 Å². The Bertz CT molecular complexity index is 1250. The van der Waals surface area contributed by atoms with Gasteiger partial charge in [-0.1, -0.05) is 30.8 Å². The molecule has 1 aromatic carbocycles. The zero-order chi connectivity index (χ0) is 23.2. The number of hydrogen-bond donors (Lipinski definition) is 3. The standard InChI is InChI=1S/C22H26N8O2S/c1-4-8-23-19-16-13-25-30(20(16)27-22(26-19)33-3)10-9-24-21(31)18-12-17(28-29-18)14-6-5-7-15(11-14)32-2/h5-7,11-13H,4,8-10H2,1-3H3,(H,24,31)(H,28,29)(H,23,26,27). The van der Waals surface area contributed by atoms with E-state index in [9.17, 15) is 4.79 Å². The molecule has 0 saturated carbocycles. The highest BCUT2D eigenvalue weighted by molar-refractivity contribution is 7.98. The normalized spacial score (nSPS) is 11.0. The summed E-state index contributed by atoms with van der Waals surface area (Å²) in [5, 5.41) is 19.3. The number of H-pyrrole nitrogens is 1. The number of thioether (sulfide) groups is 1. The number of carbonyl (C=O) groups is 1. The highest BCUT2D eigenvalue weighted by atomic mass is 32.2. The van der Waals surface area contributed by atoms with E-state index in [0.717, 1.165) is 41.1 Å². The van der Waals surface area contributed by atoms with Crippen LogP contribution in [-0.4, -0.2) is 62.3 Å². The van der Waals surface area contributed by atoms with Crippen LogP contribution < -0.4 is 15.4 Å². The largest absolute Gasteiger partial charge is 0.497 e. The lowest BCUT2D eigenvalue weighted by atomic mass is 10.1. The Hall–Kier alpha value is -3.60. The molecule has 4 aromatic rings. The van der Waals surface area contributed by atoms with Crippen LogP contribution in [0, 0.1) is 0 Å². The summed E-state index contributed by atoms with van der Waals surface area (Å²) in [4.78, 5) is 21.8. The monoisotopic (exact) mass is 466 g/mol. The number of methoxy groups -OCH3 is 1. The molecule has 172 valence electrons. The molecule has 10 nitrogen and oxygen atoms in total. The molecule has 0 fully saturated rings. The molecule has 0 spiro atoms. The van der Waals surface area contributed by atoms with Gasteiger partial charge in [-0.15, -0.1) is 0 Å². The van der Waals surface area contributed by atoms with E-state index in [-0.39, 0.29) is 5.91 Å². The summed E-state index contributed by atoms with van der Waals surface area (Å²) in [6.07, 6.45) is 4.69. The third kappa shape index (κ3) is 5.08. The molecule has 3 heterocycles. The van der Waals surface area contributed by atoms with Gasteiger partial charge in [0.05, 0.1) is 30.9 Å². The van der Waals surface area contributed by atoms with E-state index in [1.807, 2.05) is 30.5 Å². The number of nitrogens with one attached hydrogen (secondary N) is 3. The summed E-state index contributed by atoms with van der Waals surface area (Å²) < 4.78 is 7.03. The lowest BCUT2D eigenvalue weighted by molar-refractivity contribution is 0.0947. The first kappa shape index (κ1) is 22.6. The topological polar surface area (TPSA) is 123 Å². The van der Waals surface area contributed by atoms with Gasteiger partial charge in [0, 0.05) is 18.7 Å². The van der Waals surface area contributed by atoms with Crippen molar-refractivity contribution in [2.45, 2.75) is 25.0 Å². The molecule has 0 aliphatic heterocycles. The highest BCUT2D eigenvalue weighted by Gasteiger charge is 2.14. The summed E-state index contributed by atoms with van der Waals surface area (Å²) in [6, 6.07) is 9.24. The first-order valence-electron chi connectivity index (χ1n) is 10.6. The summed E-state index contributed by atoms with van der Waals surface area (Å²) in [6.45, 7) is 3.79. The van der Waals surface area contributed by atoms with E-state index in [0.29, 0.717) is 29.6 Å². The second kappa shape index (κ2) is 10.3. The van der Waals surface area contributed by atoms with E-state index in [1.54, 1.807) is 24.1 Å². The fourth-order valence-corrected chi connectivity index (χ4v) is 3.67. The van der Waals surface area contributed by atoms with Gasteiger partial charge in [0.25, 0.3) is 5.91 Å². The molecule has 0 aliphatic carbocycles. The highest BCUT2D eigenvalue weighted by Crippen LogP contribution is 2.24. The number of hydrogen-bond acceptors (Lipinski definition) is 8. The fourth-order valence-electron chi connectivity index (χ4n) is 3.31. The van der Waals surface area contributed by atoms with Gasteiger partial charge in [0.1, 0.15) is 17.3 Å². The van der Waals surface area contributed by atoms with Crippen molar-refractivity contribution >= 4 is 34.5 Å². The van der Waals surface area contributed by atoms with Crippen molar-refractivity contribution in [3.05, 3.63) is 42.2 Å². The van der Waals surface area contributed by atoms with Gasteiger partial charge in [-0.2, -0.15) is 10.2 Å². The number of carbonyl (C=O) groups excluding carboxylic acids is 1. The Kier molecular flexibility index (Phi) is 7.08. The Labute approximate surface area is 195 Å². The maximum Gasteiger partial charge on any atom is 0.269 e. The Morgan fingerprint density at radius 2 is 2.12 bits per heavy atom. The number of aromatic nitrogens is 6. The maximum absolute atomic E-state index is 12.6. The van der Waals surface area contributed by atoms with Crippen molar-refractivity contribution in [2.75, 3.05) is 31.8 Å². The number of fused-ring (bicyclic) bond motifs is 1. The second-order valence-electron chi connectivity index (χ2n) is 7.25. The minimum absolute atomic E-state index is 0.238. The molecule has 3 N–H and O–H groups in total. The molecule has 0 atom stereocenters.